The molecule has 0 radical (unpaired) electrons. The Morgan fingerprint density at radius 1 is 0.548 bits per heavy atom. The van der Waals surface area contributed by atoms with Crippen LogP contribution >= 0.6 is 0 Å². The van der Waals surface area contributed by atoms with Gasteiger partial charge in [0, 0.05) is 0 Å². The summed E-state index contributed by atoms with van der Waals surface area (Å²) in [5.74, 6) is 0.645. The maximum atomic E-state index is 6.68. The van der Waals surface area contributed by atoms with E-state index in [0.717, 1.165) is 22.3 Å². The summed E-state index contributed by atoms with van der Waals surface area (Å²) >= 11 is 0. The number of benzene rings is 4. The van der Waals surface area contributed by atoms with Crippen LogP contribution in [0.25, 0.3) is 0 Å². The molecule has 0 bridgehead atoms. The predicted molar refractivity (Wildman–Crippen MR) is 164 cm³/mol. The topological polar surface area (TPSA) is 46.2 Å². The SMILES string of the molecule is C=C/C=C1\O[C@H](COCc2ccccc2)[C@@H](OCc2ccccc2)[C@H](OCc2ccccc2)[C@@H]1OCc1ccccc1. The van der Waals surface area contributed by atoms with Gasteiger partial charge in [0.1, 0.15) is 24.1 Å². The molecule has 0 aliphatic carbocycles. The van der Waals surface area contributed by atoms with Crippen molar-refractivity contribution in [3.63, 3.8) is 0 Å². The minimum Gasteiger partial charge on any atom is -0.487 e. The van der Waals surface area contributed by atoms with Crippen LogP contribution in [0.2, 0.25) is 0 Å². The van der Waals surface area contributed by atoms with Gasteiger partial charge in [-0.15, -0.1) is 0 Å². The Hall–Kier alpha value is -4.00. The van der Waals surface area contributed by atoms with Crippen LogP contribution in [0.1, 0.15) is 22.3 Å². The summed E-state index contributed by atoms with van der Waals surface area (Å²) in [6, 6.07) is 40.5. The standard InChI is InChI=1S/C37H38O5/c1-2-15-33-35(39-25-30-18-9-4-10-19-30)37(41-27-32-22-13-6-14-23-32)36(40-26-31-20-11-5-12-21-31)34(42-33)28-38-24-29-16-7-3-8-17-29/h2-23,34-37H,1,24-28H2/b33-15-/t34-,35-,36-,37-/m1/s1. The molecule has 1 heterocycles. The van der Waals surface area contributed by atoms with E-state index in [2.05, 4.69) is 30.8 Å². The minimum atomic E-state index is -0.516. The van der Waals surface area contributed by atoms with Crippen molar-refractivity contribution in [2.45, 2.75) is 50.8 Å². The third kappa shape index (κ3) is 8.51. The average Bonchev–Trinajstić information content (AvgIpc) is 3.05. The normalized spacial score (nSPS) is 21.1. The molecule has 1 aliphatic heterocycles. The quantitative estimate of drug-likeness (QED) is 0.160. The fourth-order valence-corrected chi connectivity index (χ4v) is 4.96. The first-order chi connectivity index (χ1) is 20.8. The number of allylic oxidation sites excluding steroid dienone is 2. The van der Waals surface area contributed by atoms with Crippen molar-refractivity contribution in [3.05, 3.63) is 168 Å². The Kier molecular flexibility index (Phi) is 11.1. The average molecular weight is 563 g/mol. The zero-order valence-electron chi connectivity index (χ0n) is 23.8. The van der Waals surface area contributed by atoms with Crippen molar-refractivity contribution < 1.29 is 23.7 Å². The monoisotopic (exact) mass is 562 g/mol. The highest BCUT2D eigenvalue weighted by Gasteiger charge is 2.46. The number of hydrogen-bond acceptors (Lipinski definition) is 5. The van der Waals surface area contributed by atoms with Crippen molar-refractivity contribution in [2.24, 2.45) is 0 Å². The van der Waals surface area contributed by atoms with Crippen LogP contribution in [0.15, 0.2) is 146 Å². The molecule has 0 spiro atoms. The number of hydrogen-bond donors (Lipinski definition) is 0. The van der Waals surface area contributed by atoms with Crippen molar-refractivity contribution >= 4 is 0 Å². The van der Waals surface area contributed by atoms with Crippen LogP contribution in [-0.4, -0.2) is 31.0 Å². The fraction of sp³-hybridized carbons (Fsp3) is 0.243. The van der Waals surface area contributed by atoms with Gasteiger partial charge in [-0.05, 0) is 28.3 Å². The minimum absolute atomic E-state index is 0.319. The van der Waals surface area contributed by atoms with E-state index < -0.39 is 24.4 Å². The highest BCUT2D eigenvalue weighted by atomic mass is 16.6. The largest absolute Gasteiger partial charge is 0.487 e. The Morgan fingerprint density at radius 2 is 0.976 bits per heavy atom. The second-order valence-corrected chi connectivity index (χ2v) is 10.2. The molecule has 4 aromatic carbocycles. The Bertz CT molecular complexity index is 1360. The lowest BCUT2D eigenvalue weighted by atomic mass is 9.96. The zero-order valence-corrected chi connectivity index (χ0v) is 23.8. The molecule has 1 aliphatic rings. The molecule has 0 unspecified atom stereocenters. The second kappa shape index (κ2) is 15.9. The number of rotatable bonds is 14. The first-order valence-corrected chi connectivity index (χ1v) is 14.4. The van der Waals surface area contributed by atoms with Crippen LogP contribution in [-0.2, 0) is 50.1 Å². The zero-order chi connectivity index (χ0) is 28.8. The number of ether oxygens (including phenoxy) is 5. The van der Waals surface area contributed by atoms with Crippen LogP contribution in [0, 0.1) is 0 Å². The van der Waals surface area contributed by atoms with Crippen LogP contribution < -0.4 is 0 Å². The first-order valence-electron chi connectivity index (χ1n) is 14.4. The molecule has 1 fully saturated rings. The van der Waals surface area contributed by atoms with E-state index in [1.165, 1.54) is 0 Å². The highest BCUT2D eigenvalue weighted by molar-refractivity contribution is 5.20. The van der Waals surface area contributed by atoms with Crippen molar-refractivity contribution in [3.8, 4) is 0 Å². The van der Waals surface area contributed by atoms with Gasteiger partial charge >= 0.3 is 0 Å². The van der Waals surface area contributed by atoms with Gasteiger partial charge in [-0.2, -0.15) is 0 Å². The Balaban J connectivity index is 1.42. The van der Waals surface area contributed by atoms with E-state index in [0.29, 0.717) is 38.8 Å². The lowest BCUT2D eigenvalue weighted by molar-refractivity contribution is -0.223. The summed E-state index contributed by atoms with van der Waals surface area (Å²) in [6.07, 6.45) is 1.69. The Morgan fingerprint density at radius 3 is 1.45 bits per heavy atom. The third-order valence-electron chi connectivity index (χ3n) is 7.08. The van der Waals surface area contributed by atoms with Crippen molar-refractivity contribution in [1.82, 2.24) is 0 Å². The second-order valence-electron chi connectivity index (χ2n) is 10.2. The predicted octanol–water partition coefficient (Wildman–Crippen LogP) is 7.43. The molecular weight excluding hydrogens is 524 g/mol. The van der Waals surface area contributed by atoms with E-state index in [4.69, 9.17) is 23.7 Å². The molecule has 4 atom stereocenters. The summed E-state index contributed by atoms with van der Waals surface area (Å²) in [5, 5.41) is 0. The van der Waals surface area contributed by atoms with Gasteiger partial charge in [0.25, 0.3) is 0 Å². The van der Waals surface area contributed by atoms with Gasteiger partial charge in [0.2, 0.25) is 0 Å². The van der Waals surface area contributed by atoms with Gasteiger partial charge in [-0.1, -0.05) is 134 Å². The molecule has 0 amide bonds. The van der Waals surface area contributed by atoms with E-state index in [1.807, 2.05) is 103 Å². The first kappa shape index (κ1) is 29.5. The van der Waals surface area contributed by atoms with Gasteiger partial charge < -0.3 is 23.7 Å². The van der Waals surface area contributed by atoms with Gasteiger partial charge in [0.05, 0.1) is 33.0 Å². The van der Waals surface area contributed by atoms with E-state index in [-0.39, 0.29) is 0 Å². The summed E-state index contributed by atoms with van der Waals surface area (Å²) in [7, 11) is 0. The lowest BCUT2D eigenvalue weighted by Gasteiger charge is -2.43. The molecule has 1 saturated heterocycles. The third-order valence-corrected chi connectivity index (χ3v) is 7.08. The lowest BCUT2D eigenvalue weighted by Crippen LogP contribution is -2.56. The summed E-state index contributed by atoms with van der Waals surface area (Å²) in [4.78, 5) is 0. The van der Waals surface area contributed by atoms with E-state index in [1.54, 1.807) is 6.08 Å². The Labute approximate surface area is 249 Å². The smallest absolute Gasteiger partial charge is 0.150 e. The van der Waals surface area contributed by atoms with Gasteiger partial charge in [-0.3, -0.25) is 0 Å². The fourth-order valence-electron chi connectivity index (χ4n) is 4.96. The summed E-state index contributed by atoms with van der Waals surface area (Å²) in [6.45, 7) is 5.93. The van der Waals surface area contributed by atoms with Crippen molar-refractivity contribution in [2.75, 3.05) is 6.61 Å². The van der Waals surface area contributed by atoms with E-state index in [9.17, 15) is 0 Å². The summed E-state index contributed by atoms with van der Waals surface area (Å²) < 4.78 is 32.6. The van der Waals surface area contributed by atoms with Crippen LogP contribution in [0.3, 0.4) is 0 Å². The van der Waals surface area contributed by atoms with Gasteiger partial charge in [-0.25, -0.2) is 0 Å². The molecule has 4 aromatic rings. The molecule has 0 N–H and O–H groups in total. The molecule has 5 heteroatoms. The molecule has 0 aromatic heterocycles. The van der Waals surface area contributed by atoms with Crippen LogP contribution in [0.4, 0.5) is 0 Å². The molecule has 216 valence electrons. The molecular formula is C37H38O5. The summed E-state index contributed by atoms with van der Waals surface area (Å²) in [5.41, 5.74) is 4.29. The molecule has 5 rings (SSSR count). The van der Waals surface area contributed by atoms with Gasteiger partial charge in [0.15, 0.2) is 6.10 Å². The maximum absolute atomic E-state index is 6.68. The van der Waals surface area contributed by atoms with Crippen molar-refractivity contribution in [1.29, 1.82) is 0 Å². The molecule has 42 heavy (non-hydrogen) atoms. The van der Waals surface area contributed by atoms with Crippen LogP contribution in [0.5, 0.6) is 0 Å². The molecule has 5 nitrogen and oxygen atoms in total. The van der Waals surface area contributed by atoms with E-state index >= 15 is 0 Å². The molecule has 0 saturated carbocycles. The maximum Gasteiger partial charge on any atom is 0.150 e. The highest BCUT2D eigenvalue weighted by Crippen LogP contribution is 2.33.